The van der Waals surface area contributed by atoms with Gasteiger partial charge in [-0.25, -0.2) is 4.98 Å². The number of anilines is 4. The zero-order valence-corrected chi connectivity index (χ0v) is 16.4. The van der Waals surface area contributed by atoms with Crippen molar-refractivity contribution in [1.82, 2.24) is 9.97 Å². The van der Waals surface area contributed by atoms with E-state index in [0.717, 1.165) is 28.6 Å². The number of nitrogens with zero attached hydrogens (tertiary/aromatic N) is 2. The van der Waals surface area contributed by atoms with E-state index in [2.05, 4.69) is 20.6 Å². The molecule has 0 saturated carbocycles. The van der Waals surface area contributed by atoms with E-state index >= 15 is 0 Å². The van der Waals surface area contributed by atoms with Gasteiger partial charge in [0, 0.05) is 23.5 Å². The lowest BCUT2D eigenvalue weighted by molar-refractivity contribution is 0.340. The van der Waals surface area contributed by atoms with Crippen LogP contribution in [0.5, 0.6) is 17.2 Å². The Hall–Kier alpha value is -3.48. The summed E-state index contributed by atoms with van der Waals surface area (Å²) in [5, 5.41) is 6.49. The molecule has 1 heterocycles. The van der Waals surface area contributed by atoms with E-state index in [1.165, 1.54) is 0 Å². The maximum absolute atomic E-state index is 5.46. The zero-order chi connectivity index (χ0) is 19.9. The quantitative estimate of drug-likeness (QED) is 0.587. The zero-order valence-electron chi connectivity index (χ0n) is 16.4. The van der Waals surface area contributed by atoms with E-state index in [1.807, 2.05) is 62.4 Å². The molecule has 0 radical (unpaired) electrons. The summed E-state index contributed by atoms with van der Waals surface area (Å²) in [6.45, 7) is 4.51. The lowest BCUT2D eigenvalue weighted by Gasteiger charge is -2.13. The molecule has 28 heavy (non-hydrogen) atoms. The molecular formula is C21H24N4O3. The molecule has 7 nitrogen and oxygen atoms in total. The minimum absolute atomic E-state index is 0.499. The third-order valence-electron chi connectivity index (χ3n) is 3.95. The summed E-state index contributed by atoms with van der Waals surface area (Å²) in [5.74, 6) is 3.37. The molecule has 0 bridgehead atoms. The Morgan fingerprint density at radius 1 is 0.857 bits per heavy atom. The molecular weight excluding hydrogens is 356 g/mol. The molecule has 0 atom stereocenters. The normalized spacial score (nSPS) is 10.3. The average molecular weight is 380 g/mol. The predicted octanol–water partition coefficient (Wildman–Crippen LogP) is 4.69. The SMILES string of the molecule is CCOc1ccc(Nc2nc(C)cc(Nc3ccc(OC)cc3OC)n2)cc1. The molecule has 0 fully saturated rings. The van der Waals surface area contributed by atoms with E-state index < -0.39 is 0 Å². The van der Waals surface area contributed by atoms with Gasteiger partial charge in [-0.3, -0.25) is 0 Å². The molecule has 3 aromatic rings. The second kappa shape index (κ2) is 8.94. The molecule has 0 spiro atoms. The Morgan fingerprint density at radius 2 is 1.61 bits per heavy atom. The van der Waals surface area contributed by atoms with Gasteiger partial charge in [0.25, 0.3) is 0 Å². The number of hydrogen-bond acceptors (Lipinski definition) is 7. The summed E-state index contributed by atoms with van der Waals surface area (Å²) >= 11 is 0. The highest BCUT2D eigenvalue weighted by Crippen LogP contribution is 2.31. The van der Waals surface area contributed by atoms with Gasteiger partial charge in [-0.2, -0.15) is 4.98 Å². The summed E-state index contributed by atoms with van der Waals surface area (Å²) in [5.41, 5.74) is 2.49. The van der Waals surface area contributed by atoms with E-state index in [4.69, 9.17) is 14.2 Å². The molecule has 0 unspecified atom stereocenters. The molecule has 0 aliphatic rings. The van der Waals surface area contributed by atoms with Crippen molar-refractivity contribution in [1.29, 1.82) is 0 Å². The average Bonchev–Trinajstić information content (AvgIpc) is 2.69. The van der Waals surface area contributed by atoms with Crippen LogP contribution in [0.1, 0.15) is 12.6 Å². The van der Waals surface area contributed by atoms with Gasteiger partial charge in [-0.1, -0.05) is 0 Å². The standard InChI is InChI=1S/C21H24N4O3/c1-5-28-16-8-6-15(7-9-16)23-21-22-14(2)12-20(25-21)24-18-11-10-17(26-3)13-19(18)27-4/h6-13H,5H2,1-4H3,(H2,22,23,24,25). The molecule has 0 amide bonds. The summed E-state index contributed by atoms with van der Waals surface area (Å²) < 4.78 is 16.1. The van der Waals surface area contributed by atoms with Crippen LogP contribution in [0.2, 0.25) is 0 Å². The molecule has 2 N–H and O–H groups in total. The first-order valence-corrected chi connectivity index (χ1v) is 8.96. The lowest BCUT2D eigenvalue weighted by atomic mass is 10.2. The fourth-order valence-corrected chi connectivity index (χ4v) is 2.66. The fraction of sp³-hybridized carbons (Fsp3) is 0.238. The summed E-state index contributed by atoms with van der Waals surface area (Å²) in [7, 11) is 3.23. The van der Waals surface area contributed by atoms with Crippen molar-refractivity contribution in [2.75, 3.05) is 31.5 Å². The molecule has 0 aliphatic carbocycles. The number of methoxy groups -OCH3 is 2. The van der Waals surface area contributed by atoms with Gasteiger partial charge in [-0.05, 0) is 50.2 Å². The molecule has 3 rings (SSSR count). The molecule has 2 aromatic carbocycles. The van der Waals surface area contributed by atoms with E-state index in [9.17, 15) is 0 Å². The van der Waals surface area contributed by atoms with Crippen molar-refractivity contribution < 1.29 is 14.2 Å². The maximum atomic E-state index is 5.46. The van der Waals surface area contributed by atoms with Crippen LogP contribution in [-0.2, 0) is 0 Å². The third-order valence-corrected chi connectivity index (χ3v) is 3.95. The predicted molar refractivity (Wildman–Crippen MR) is 110 cm³/mol. The highest BCUT2D eigenvalue weighted by Gasteiger charge is 2.08. The topological polar surface area (TPSA) is 77.5 Å². The van der Waals surface area contributed by atoms with E-state index in [0.29, 0.717) is 24.1 Å². The highest BCUT2D eigenvalue weighted by atomic mass is 16.5. The maximum Gasteiger partial charge on any atom is 0.229 e. The van der Waals surface area contributed by atoms with Crippen LogP contribution in [0.4, 0.5) is 23.1 Å². The molecule has 7 heteroatoms. The Balaban J connectivity index is 1.80. The number of rotatable bonds is 8. The van der Waals surface area contributed by atoms with Crippen LogP contribution in [0.25, 0.3) is 0 Å². The molecule has 146 valence electrons. The lowest BCUT2D eigenvalue weighted by Crippen LogP contribution is -2.03. The van der Waals surface area contributed by atoms with Crippen LogP contribution in [0.15, 0.2) is 48.5 Å². The summed E-state index contributed by atoms with van der Waals surface area (Å²) in [6.07, 6.45) is 0. The fourth-order valence-electron chi connectivity index (χ4n) is 2.66. The van der Waals surface area contributed by atoms with Crippen LogP contribution in [-0.4, -0.2) is 30.8 Å². The van der Waals surface area contributed by atoms with Crippen LogP contribution >= 0.6 is 0 Å². The first kappa shape index (κ1) is 19.3. The van der Waals surface area contributed by atoms with Gasteiger partial charge in [0.1, 0.15) is 23.1 Å². The van der Waals surface area contributed by atoms with E-state index in [1.54, 1.807) is 14.2 Å². The Morgan fingerprint density at radius 3 is 2.29 bits per heavy atom. The first-order chi connectivity index (χ1) is 13.6. The third kappa shape index (κ3) is 4.82. The van der Waals surface area contributed by atoms with Crippen molar-refractivity contribution in [3.63, 3.8) is 0 Å². The summed E-state index contributed by atoms with van der Waals surface area (Å²) in [4.78, 5) is 9.00. The highest BCUT2D eigenvalue weighted by molar-refractivity contribution is 5.67. The van der Waals surface area contributed by atoms with Gasteiger partial charge in [0.2, 0.25) is 5.95 Å². The Labute approximate surface area is 164 Å². The van der Waals surface area contributed by atoms with Gasteiger partial charge in [0.05, 0.1) is 26.5 Å². The number of aryl methyl sites for hydroxylation is 1. The van der Waals surface area contributed by atoms with Crippen molar-refractivity contribution >= 4 is 23.1 Å². The minimum atomic E-state index is 0.499. The Kier molecular flexibility index (Phi) is 6.16. The molecule has 0 saturated heterocycles. The molecule has 0 aliphatic heterocycles. The van der Waals surface area contributed by atoms with Crippen molar-refractivity contribution in [2.24, 2.45) is 0 Å². The van der Waals surface area contributed by atoms with Gasteiger partial charge in [-0.15, -0.1) is 0 Å². The smallest absolute Gasteiger partial charge is 0.229 e. The second-order valence-electron chi connectivity index (χ2n) is 5.99. The van der Waals surface area contributed by atoms with Gasteiger partial charge >= 0.3 is 0 Å². The number of ether oxygens (including phenoxy) is 3. The van der Waals surface area contributed by atoms with Crippen LogP contribution in [0, 0.1) is 6.92 Å². The number of benzene rings is 2. The number of aromatic nitrogens is 2. The summed E-state index contributed by atoms with van der Waals surface area (Å²) in [6, 6.07) is 15.1. The van der Waals surface area contributed by atoms with Crippen LogP contribution in [0.3, 0.4) is 0 Å². The molecule has 1 aromatic heterocycles. The largest absolute Gasteiger partial charge is 0.497 e. The van der Waals surface area contributed by atoms with Crippen molar-refractivity contribution in [3.05, 3.63) is 54.2 Å². The van der Waals surface area contributed by atoms with Gasteiger partial charge in [0.15, 0.2) is 0 Å². The second-order valence-corrected chi connectivity index (χ2v) is 5.99. The van der Waals surface area contributed by atoms with Crippen LogP contribution < -0.4 is 24.8 Å². The Bertz CT molecular complexity index is 929. The van der Waals surface area contributed by atoms with E-state index in [-0.39, 0.29) is 0 Å². The first-order valence-electron chi connectivity index (χ1n) is 8.96. The number of hydrogen-bond donors (Lipinski definition) is 2. The number of nitrogens with one attached hydrogen (secondary N) is 2. The minimum Gasteiger partial charge on any atom is -0.497 e. The van der Waals surface area contributed by atoms with Gasteiger partial charge < -0.3 is 24.8 Å². The van der Waals surface area contributed by atoms with Crippen molar-refractivity contribution in [3.8, 4) is 17.2 Å². The van der Waals surface area contributed by atoms with Crippen molar-refractivity contribution in [2.45, 2.75) is 13.8 Å². The monoisotopic (exact) mass is 380 g/mol.